The van der Waals surface area contributed by atoms with Gasteiger partial charge in [0.05, 0.1) is 4.90 Å². The van der Waals surface area contributed by atoms with E-state index in [2.05, 4.69) is 13.8 Å². The number of benzene rings is 1. The van der Waals surface area contributed by atoms with Gasteiger partial charge in [0.2, 0.25) is 10.0 Å². The van der Waals surface area contributed by atoms with Crippen molar-refractivity contribution in [3.05, 3.63) is 29.8 Å². The van der Waals surface area contributed by atoms with Crippen molar-refractivity contribution in [1.29, 1.82) is 0 Å². The van der Waals surface area contributed by atoms with Crippen molar-refractivity contribution in [1.82, 2.24) is 4.31 Å². The van der Waals surface area contributed by atoms with Crippen LogP contribution in [0.5, 0.6) is 0 Å². The second-order valence-electron chi connectivity index (χ2n) is 5.59. The Balaban J connectivity index is 2.20. The van der Waals surface area contributed by atoms with Crippen LogP contribution in [0.4, 0.5) is 0 Å². The Hall–Kier alpha value is -0.910. The first-order valence-electron chi connectivity index (χ1n) is 7.08. The zero-order chi connectivity index (χ0) is 14.8. The molecule has 20 heavy (non-hydrogen) atoms. The molecule has 2 rings (SSSR count). The molecule has 0 amide bonds. The lowest BCUT2D eigenvalue weighted by Crippen LogP contribution is -2.40. The fourth-order valence-corrected chi connectivity index (χ4v) is 3.85. The molecule has 0 atom stereocenters. The maximum Gasteiger partial charge on any atom is 0.243 e. The minimum absolute atomic E-state index is 0.0403. The summed E-state index contributed by atoms with van der Waals surface area (Å²) < 4.78 is 32.0. The van der Waals surface area contributed by atoms with E-state index in [-0.39, 0.29) is 6.04 Å². The van der Waals surface area contributed by atoms with E-state index in [1.807, 2.05) is 12.1 Å². The largest absolute Gasteiger partial charge is 0.381 e. The lowest BCUT2D eigenvalue weighted by Gasteiger charge is -2.30. The maximum atomic E-state index is 12.6. The van der Waals surface area contributed by atoms with Crippen molar-refractivity contribution >= 4 is 10.0 Å². The van der Waals surface area contributed by atoms with Crippen LogP contribution in [0.15, 0.2) is 29.2 Å². The van der Waals surface area contributed by atoms with Crippen LogP contribution in [0.3, 0.4) is 0 Å². The molecule has 0 saturated carbocycles. The van der Waals surface area contributed by atoms with Gasteiger partial charge < -0.3 is 4.74 Å². The first kappa shape index (κ1) is 15.5. The molecule has 0 spiro atoms. The van der Waals surface area contributed by atoms with Gasteiger partial charge >= 0.3 is 0 Å². The summed E-state index contributed by atoms with van der Waals surface area (Å²) in [5.41, 5.74) is 1.15. The molecule has 0 radical (unpaired) electrons. The van der Waals surface area contributed by atoms with Gasteiger partial charge in [-0.2, -0.15) is 4.31 Å². The Kier molecular flexibility index (Phi) is 4.83. The van der Waals surface area contributed by atoms with Crippen LogP contribution in [-0.2, 0) is 14.8 Å². The number of rotatable bonds is 4. The third-order valence-corrected chi connectivity index (χ3v) is 5.85. The van der Waals surface area contributed by atoms with E-state index in [0.29, 0.717) is 24.0 Å². The molecule has 0 bridgehead atoms. The standard InChI is InChI=1S/C15H23NO3S/c1-12(2)13-4-6-15(7-5-13)20(17,18)16(3)14-8-10-19-11-9-14/h4-7,12,14H,8-11H2,1-3H3. The van der Waals surface area contributed by atoms with E-state index < -0.39 is 10.0 Å². The first-order valence-corrected chi connectivity index (χ1v) is 8.52. The van der Waals surface area contributed by atoms with Crippen molar-refractivity contribution in [2.75, 3.05) is 20.3 Å². The van der Waals surface area contributed by atoms with Crippen LogP contribution in [-0.4, -0.2) is 39.0 Å². The molecule has 4 nitrogen and oxygen atoms in total. The molecule has 1 aliphatic rings. The zero-order valence-electron chi connectivity index (χ0n) is 12.4. The van der Waals surface area contributed by atoms with Gasteiger partial charge in [0.1, 0.15) is 0 Å². The van der Waals surface area contributed by atoms with Crippen LogP contribution in [0.2, 0.25) is 0 Å². The van der Waals surface area contributed by atoms with Crippen molar-refractivity contribution in [3.8, 4) is 0 Å². The highest BCUT2D eigenvalue weighted by molar-refractivity contribution is 7.89. The molecule has 0 aliphatic carbocycles. The Morgan fingerprint density at radius 3 is 2.20 bits per heavy atom. The molecule has 1 heterocycles. The minimum atomic E-state index is -3.40. The highest BCUT2D eigenvalue weighted by atomic mass is 32.2. The molecule has 1 aromatic rings. The molecule has 0 N–H and O–H groups in total. The smallest absolute Gasteiger partial charge is 0.243 e. The van der Waals surface area contributed by atoms with Crippen molar-refractivity contribution in [2.24, 2.45) is 0 Å². The van der Waals surface area contributed by atoms with Gasteiger partial charge in [-0.3, -0.25) is 0 Å². The Morgan fingerprint density at radius 2 is 1.70 bits per heavy atom. The van der Waals surface area contributed by atoms with E-state index in [9.17, 15) is 8.42 Å². The molecule has 1 saturated heterocycles. The topological polar surface area (TPSA) is 46.6 Å². The Bertz CT molecular complexity index is 531. The third kappa shape index (κ3) is 3.22. The molecule has 0 aromatic heterocycles. The first-order chi connectivity index (χ1) is 9.43. The van der Waals surface area contributed by atoms with Crippen LogP contribution in [0.1, 0.15) is 38.2 Å². The molecular formula is C15H23NO3S. The average Bonchev–Trinajstić information content (AvgIpc) is 2.47. The highest BCUT2D eigenvalue weighted by Crippen LogP contribution is 2.23. The van der Waals surface area contributed by atoms with Crippen LogP contribution in [0, 0.1) is 0 Å². The van der Waals surface area contributed by atoms with Gasteiger partial charge in [0.15, 0.2) is 0 Å². The van der Waals surface area contributed by atoms with Gasteiger partial charge in [-0.25, -0.2) is 8.42 Å². The predicted molar refractivity (Wildman–Crippen MR) is 79.3 cm³/mol. The number of hydrogen-bond acceptors (Lipinski definition) is 3. The van der Waals surface area contributed by atoms with Gasteiger partial charge in [0.25, 0.3) is 0 Å². The highest BCUT2D eigenvalue weighted by Gasteiger charge is 2.29. The molecular weight excluding hydrogens is 274 g/mol. The maximum absolute atomic E-state index is 12.6. The Morgan fingerprint density at radius 1 is 1.15 bits per heavy atom. The minimum Gasteiger partial charge on any atom is -0.381 e. The summed E-state index contributed by atoms with van der Waals surface area (Å²) in [7, 11) is -1.73. The number of hydrogen-bond donors (Lipinski definition) is 0. The fraction of sp³-hybridized carbons (Fsp3) is 0.600. The van der Waals surface area contributed by atoms with E-state index in [4.69, 9.17) is 4.74 Å². The van der Waals surface area contributed by atoms with Crippen molar-refractivity contribution in [3.63, 3.8) is 0 Å². The quantitative estimate of drug-likeness (QED) is 0.858. The lowest BCUT2D eigenvalue weighted by molar-refractivity contribution is 0.0632. The predicted octanol–water partition coefficient (Wildman–Crippen LogP) is 2.61. The van der Waals surface area contributed by atoms with Gasteiger partial charge in [-0.15, -0.1) is 0 Å². The molecule has 1 aliphatic heterocycles. The second-order valence-corrected chi connectivity index (χ2v) is 7.59. The molecule has 5 heteroatoms. The van der Waals surface area contributed by atoms with Gasteiger partial charge in [0, 0.05) is 26.3 Å². The van der Waals surface area contributed by atoms with E-state index in [0.717, 1.165) is 18.4 Å². The van der Waals surface area contributed by atoms with E-state index >= 15 is 0 Å². The summed E-state index contributed by atoms with van der Waals surface area (Å²) in [6.07, 6.45) is 1.53. The molecule has 0 unspecified atom stereocenters. The van der Waals surface area contributed by atoms with Gasteiger partial charge in [-0.05, 0) is 36.5 Å². The van der Waals surface area contributed by atoms with Crippen molar-refractivity contribution < 1.29 is 13.2 Å². The zero-order valence-corrected chi connectivity index (χ0v) is 13.2. The number of nitrogens with zero attached hydrogens (tertiary/aromatic N) is 1. The number of ether oxygens (including phenoxy) is 1. The molecule has 1 aromatic carbocycles. The number of sulfonamides is 1. The second kappa shape index (κ2) is 6.24. The van der Waals surface area contributed by atoms with E-state index in [1.165, 1.54) is 4.31 Å². The summed E-state index contributed by atoms with van der Waals surface area (Å²) in [5, 5.41) is 0. The summed E-state index contributed by atoms with van der Waals surface area (Å²) in [4.78, 5) is 0.371. The van der Waals surface area contributed by atoms with Crippen molar-refractivity contribution in [2.45, 2.75) is 43.5 Å². The average molecular weight is 297 g/mol. The van der Waals surface area contributed by atoms with Crippen LogP contribution >= 0.6 is 0 Å². The normalized spacial score (nSPS) is 17.9. The Labute approximate surface area is 121 Å². The van der Waals surface area contributed by atoms with Crippen LogP contribution < -0.4 is 0 Å². The summed E-state index contributed by atoms with van der Waals surface area (Å²) >= 11 is 0. The van der Waals surface area contributed by atoms with Gasteiger partial charge in [-0.1, -0.05) is 26.0 Å². The SMILES string of the molecule is CC(C)c1ccc(S(=O)(=O)N(C)C2CCOCC2)cc1. The monoisotopic (exact) mass is 297 g/mol. The molecule has 112 valence electrons. The summed E-state index contributed by atoms with van der Waals surface area (Å²) in [6, 6.07) is 7.25. The lowest BCUT2D eigenvalue weighted by atomic mass is 10.0. The third-order valence-electron chi connectivity index (χ3n) is 3.93. The molecule has 1 fully saturated rings. The summed E-state index contributed by atoms with van der Waals surface area (Å²) in [6.45, 7) is 5.46. The summed E-state index contributed by atoms with van der Waals surface area (Å²) in [5.74, 6) is 0.403. The van der Waals surface area contributed by atoms with E-state index in [1.54, 1.807) is 19.2 Å². The van der Waals surface area contributed by atoms with Crippen LogP contribution in [0.25, 0.3) is 0 Å². The fourth-order valence-electron chi connectivity index (χ4n) is 2.44.